The Labute approximate surface area is 79.7 Å². The molecule has 1 N–H and O–H groups in total. The third kappa shape index (κ3) is 4.63. The highest BCUT2D eigenvalue weighted by molar-refractivity contribution is 7.98. The largest absolute Gasteiger partial charge is 0.300 e. The van der Waals surface area contributed by atoms with Gasteiger partial charge in [-0.2, -0.15) is 17.0 Å². The van der Waals surface area contributed by atoms with E-state index in [1.54, 1.807) is 0 Å². The number of thioether (sulfide) groups is 1. The van der Waals surface area contributed by atoms with E-state index in [1.165, 1.54) is 0 Å². The first-order valence-corrected chi connectivity index (χ1v) is 5.73. The Balaban J connectivity index is 3.73. The highest BCUT2D eigenvalue weighted by Gasteiger charge is 2.20. The molecule has 0 aliphatic carbocycles. The van der Waals surface area contributed by atoms with E-state index in [9.17, 15) is 0 Å². The molecule has 0 amide bonds. The molecule has 12 heavy (non-hydrogen) atoms. The summed E-state index contributed by atoms with van der Waals surface area (Å²) in [6, 6.07) is 2.32. The molecule has 0 heterocycles. The summed E-state index contributed by atoms with van der Waals surface area (Å²) in [5, 5.41) is 12.1. The summed E-state index contributed by atoms with van der Waals surface area (Å²) in [4.78, 5) is 0. The molecule has 0 aliphatic heterocycles. The van der Waals surface area contributed by atoms with Gasteiger partial charge in [0, 0.05) is 0 Å². The van der Waals surface area contributed by atoms with Gasteiger partial charge in [-0.1, -0.05) is 6.92 Å². The van der Waals surface area contributed by atoms with Crippen LogP contribution >= 0.6 is 11.8 Å². The van der Waals surface area contributed by atoms with Gasteiger partial charge in [0.25, 0.3) is 0 Å². The van der Waals surface area contributed by atoms with E-state index >= 15 is 0 Å². The summed E-state index contributed by atoms with van der Waals surface area (Å²) >= 11 is 1.83. The Morgan fingerprint density at radius 2 is 2.25 bits per heavy atom. The molecular weight excluding hydrogens is 168 g/mol. The smallest absolute Gasteiger partial charge is 0.103 e. The summed E-state index contributed by atoms with van der Waals surface area (Å²) < 4.78 is 0. The van der Waals surface area contributed by atoms with Gasteiger partial charge in [0.2, 0.25) is 0 Å². The number of nitrogens with zero attached hydrogens (tertiary/aromatic N) is 1. The molecular formula is C9H18N2S. The fraction of sp³-hybridized carbons (Fsp3) is 0.889. The third-order valence-corrected chi connectivity index (χ3v) is 2.54. The average molecular weight is 186 g/mol. The van der Waals surface area contributed by atoms with Gasteiger partial charge in [0.1, 0.15) is 5.54 Å². The van der Waals surface area contributed by atoms with Crippen molar-refractivity contribution in [2.24, 2.45) is 0 Å². The molecule has 2 nitrogen and oxygen atoms in total. The van der Waals surface area contributed by atoms with Crippen LogP contribution in [0.5, 0.6) is 0 Å². The van der Waals surface area contributed by atoms with Gasteiger partial charge < -0.3 is 0 Å². The van der Waals surface area contributed by atoms with Crippen molar-refractivity contribution in [1.82, 2.24) is 5.32 Å². The number of nitrogens with one attached hydrogen (secondary N) is 1. The monoisotopic (exact) mass is 186 g/mol. The van der Waals surface area contributed by atoms with Crippen LogP contribution in [0.2, 0.25) is 0 Å². The molecule has 0 radical (unpaired) electrons. The first-order valence-electron chi connectivity index (χ1n) is 4.33. The fourth-order valence-corrected chi connectivity index (χ4v) is 1.58. The van der Waals surface area contributed by atoms with Crippen molar-refractivity contribution >= 4 is 11.8 Å². The first-order chi connectivity index (χ1) is 5.68. The van der Waals surface area contributed by atoms with Crippen LogP contribution in [-0.4, -0.2) is 24.1 Å². The van der Waals surface area contributed by atoms with Crippen molar-refractivity contribution in [2.45, 2.75) is 32.2 Å². The molecule has 0 fully saturated rings. The Bertz CT molecular complexity index is 153. The molecule has 0 aliphatic rings. The van der Waals surface area contributed by atoms with Crippen LogP contribution in [0.3, 0.4) is 0 Å². The highest BCUT2D eigenvalue weighted by Crippen LogP contribution is 2.12. The van der Waals surface area contributed by atoms with Crippen LogP contribution in [0.15, 0.2) is 0 Å². The normalized spacial score (nSPS) is 15.2. The van der Waals surface area contributed by atoms with Crippen LogP contribution < -0.4 is 5.32 Å². The maximum absolute atomic E-state index is 8.90. The molecule has 3 heteroatoms. The second kappa shape index (κ2) is 6.33. The van der Waals surface area contributed by atoms with Crippen molar-refractivity contribution in [3.8, 4) is 6.07 Å². The lowest BCUT2D eigenvalue weighted by Crippen LogP contribution is -2.40. The fourth-order valence-electron chi connectivity index (χ4n) is 1.14. The van der Waals surface area contributed by atoms with Crippen molar-refractivity contribution < 1.29 is 0 Å². The lowest BCUT2D eigenvalue weighted by Gasteiger charge is -2.21. The van der Waals surface area contributed by atoms with Gasteiger partial charge in [-0.3, -0.25) is 5.32 Å². The highest BCUT2D eigenvalue weighted by atomic mass is 32.2. The van der Waals surface area contributed by atoms with Gasteiger partial charge in [0.15, 0.2) is 0 Å². The van der Waals surface area contributed by atoms with E-state index in [0.29, 0.717) is 0 Å². The van der Waals surface area contributed by atoms with E-state index in [-0.39, 0.29) is 5.54 Å². The van der Waals surface area contributed by atoms with Gasteiger partial charge in [-0.05, 0) is 38.3 Å². The SMILES string of the molecule is CCNC(C)(C#N)CCCSC. The number of nitriles is 1. The van der Waals surface area contributed by atoms with Crippen LogP contribution in [0, 0.1) is 11.3 Å². The molecule has 0 bridgehead atoms. The van der Waals surface area contributed by atoms with Gasteiger partial charge in [0.05, 0.1) is 6.07 Å². The van der Waals surface area contributed by atoms with Crippen molar-refractivity contribution in [1.29, 1.82) is 5.26 Å². The number of hydrogen-bond acceptors (Lipinski definition) is 3. The minimum absolute atomic E-state index is 0.315. The average Bonchev–Trinajstić information content (AvgIpc) is 2.06. The lowest BCUT2D eigenvalue weighted by molar-refractivity contribution is 0.426. The molecule has 1 unspecified atom stereocenters. The summed E-state index contributed by atoms with van der Waals surface area (Å²) in [6.45, 7) is 4.87. The van der Waals surface area contributed by atoms with Gasteiger partial charge in [-0.15, -0.1) is 0 Å². The predicted octanol–water partition coefficient (Wildman–Crippen LogP) is 2.02. The maximum atomic E-state index is 8.90. The van der Waals surface area contributed by atoms with Crippen molar-refractivity contribution in [3.05, 3.63) is 0 Å². The van der Waals surface area contributed by atoms with Crippen LogP contribution in [0.4, 0.5) is 0 Å². The van der Waals surface area contributed by atoms with E-state index in [1.807, 2.05) is 25.6 Å². The first kappa shape index (κ1) is 11.8. The molecule has 0 saturated heterocycles. The third-order valence-electron chi connectivity index (χ3n) is 1.84. The topological polar surface area (TPSA) is 35.8 Å². The van der Waals surface area contributed by atoms with E-state index < -0.39 is 0 Å². The molecule has 0 aromatic carbocycles. The van der Waals surface area contributed by atoms with E-state index in [4.69, 9.17) is 5.26 Å². The second-order valence-corrected chi connectivity index (χ2v) is 4.06. The Morgan fingerprint density at radius 3 is 2.67 bits per heavy atom. The molecule has 0 saturated carbocycles. The summed E-state index contributed by atoms with van der Waals surface area (Å²) in [7, 11) is 0. The van der Waals surface area contributed by atoms with Gasteiger partial charge in [-0.25, -0.2) is 0 Å². The predicted molar refractivity (Wildman–Crippen MR) is 55.3 cm³/mol. The second-order valence-electron chi connectivity index (χ2n) is 3.07. The summed E-state index contributed by atoms with van der Waals surface area (Å²) in [5.74, 6) is 1.14. The van der Waals surface area contributed by atoms with E-state index in [0.717, 1.165) is 25.1 Å². The molecule has 1 atom stereocenters. The van der Waals surface area contributed by atoms with E-state index in [2.05, 4.69) is 17.6 Å². The maximum Gasteiger partial charge on any atom is 0.103 e. The molecule has 0 spiro atoms. The van der Waals surface area contributed by atoms with Crippen LogP contribution in [0.1, 0.15) is 26.7 Å². The number of rotatable bonds is 6. The summed E-state index contributed by atoms with van der Waals surface area (Å²) in [6.07, 6.45) is 4.15. The minimum Gasteiger partial charge on any atom is -0.300 e. The molecule has 70 valence electrons. The molecule has 0 aromatic heterocycles. The zero-order valence-electron chi connectivity index (χ0n) is 8.18. The van der Waals surface area contributed by atoms with Gasteiger partial charge >= 0.3 is 0 Å². The standard InChI is InChI=1S/C9H18N2S/c1-4-11-9(2,8-10)6-5-7-12-3/h11H,4-7H2,1-3H3. The van der Waals surface area contributed by atoms with Crippen LogP contribution in [0.25, 0.3) is 0 Å². The van der Waals surface area contributed by atoms with Crippen molar-refractivity contribution in [3.63, 3.8) is 0 Å². The lowest BCUT2D eigenvalue weighted by atomic mass is 9.98. The molecule has 0 aromatic rings. The Hall–Kier alpha value is -0.200. The van der Waals surface area contributed by atoms with Crippen LogP contribution in [-0.2, 0) is 0 Å². The number of hydrogen-bond donors (Lipinski definition) is 1. The quantitative estimate of drug-likeness (QED) is 0.645. The van der Waals surface area contributed by atoms with Crippen molar-refractivity contribution in [2.75, 3.05) is 18.6 Å². The Morgan fingerprint density at radius 1 is 1.58 bits per heavy atom. The Kier molecular flexibility index (Phi) is 6.23. The summed E-state index contributed by atoms with van der Waals surface area (Å²) in [5.41, 5.74) is -0.315. The zero-order chi connectivity index (χ0) is 9.45. The molecule has 0 rings (SSSR count). The minimum atomic E-state index is -0.315. The zero-order valence-corrected chi connectivity index (χ0v) is 9.00.